The second-order valence-electron chi connectivity index (χ2n) is 4.97. The average Bonchev–Trinajstić information content (AvgIpc) is 3.03. The van der Waals surface area contributed by atoms with Gasteiger partial charge in [-0.2, -0.15) is 0 Å². The maximum absolute atomic E-state index is 12.0. The minimum absolute atomic E-state index is 0.105. The smallest absolute Gasteiger partial charge is 0.277 e. The molecular formula is C15H15N5O2. The lowest BCUT2D eigenvalue weighted by Gasteiger charge is -2.07. The van der Waals surface area contributed by atoms with E-state index in [2.05, 4.69) is 15.6 Å². The zero-order valence-electron chi connectivity index (χ0n) is 12.1. The van der Waals surface area contributed by atoms with E-state index in [0.717, 1.165) is 0 Å². The second-order valence-corrected chi connectivity index (χ2v) is 4.97. The Kier molecular flexibility index (Phi) is 3.69. The highest BCUT2D eigenvalue weighted by Crippen LogP contribution is 2.14. The second kappa shape index (κ2) is 5.80. The van der Waals surface area contributed by atoms with Crippen molar-refractivity contribution in [3.8, 4) is 0 Å². The highest BCUT2D eigenvalue weighted by molar-refractivity contribution is 5.93. The number of anilines is 1. The summed E-state index contributed by atoms with van der Waals surface area (Å²) >= 11 is 0. The van der Waals surface area contributed by atoms with Gasteiger partial charge < -0.3 is 9.88 Å². The van der Waals surface area contributed by atoms with Gasteiger partial charge in [-0.3, -0.25) is 9.59 Å². The Morgan fingerprint density at radius 1 is 1.27 bits per heavy atom. The van der Waals surface area contributed by atoms with Crippen LogP contribution in [0.4, 0.5) is 5.69 Å². The summed E-state index contributed by atoms with van der Waals surface area (Å²) in [6, 6.07) is 8.84. The van der Waals surface area contributed by atoms with Crippen molar-refractivity contribution in [1.82, 2.24) is 19.6 Å². The largest absolute Gasteiger partial charge is 0.354 e. The van der Waals surface area contributed by atoms with Gasteiger partial charge in [0, 0.05) is 38.1 Å². The van der Waals surface area contributed by atoms with Gasteiger partial charge in [0.05, 0.1) is 5.39 Å². The molecule has 0 bridgehead atoms. The number of aryl methyl sites for hydroxylation is 2. The van der Waals surface area contributed by atoms with E-state index in [0.29, 0.717) is 29.6 Å². The molecule has 112 valence electrons. The number of rotatable bonds is 4. The van der Waals surface area contributed by atoms with Gasteiger partial charge in [-0.15, -0.1) is 5.10 Å². The van der Waals surface area contributed by atoms with E-state index in [1.807, 2.05) is 29.1 Å². The number of nitrogens with zero attached hydrogens (tertiary/aromatic N) is 4. The van der Waals surface area contributed by atoms with E-state index in [-0.39, 0.29) is 11.5 Å². The van der Waals surface area contributed by atoms with Crippen LogP contribution >= 0.6 is 0 Å². The van der Waals surface area contributed by atoms with Crippen molar-refractivity contribution in [2.75, 3.05) is 5.32 Å². The molecule has 0 saturated heterocycles. The van der Waals surface area contributed by atoms with Crippen LogP contribution in [0.2, 0.25) is 0 Å². The van der Waals surface area contributed by atoms with E-state index < -0.39 is 0 Å². The third-order valence-corrected chi connectivity index (χ3v) is 3.35. The molecule has 1 N–H and O–H groups in total. The molecule has 7 heteroatoms. The molecule has 0 fully saturated rings. The van der Waals surface area contributed by atoms with Gasteiger partial charge in [0.25, 0.3) is 5.56 Å². The van der Waals surface area contributed by atoms with E-state index in [4.69, 9.17) is 0 Å². The van der Waals surface area contributed by atoms with Gasteiger partial charge >= 0.3 is 0 Å². The highest BCUT2D eigenvalue weighted by atomic mass is 16.1. The molecule has 0 aliphatic heterocycles. The lowest BCUT2D eigenvalue weighted by atomic mass is 10.2. The van der Waals surface area contributed by atoms with Crippen LogP contribution in [0.5, 0.6) is 0 Å². The Bertz CT molecular complexity index is 867. The molecule has 3 aromatic rings. The number of hydrogen-bond donors (Lipinski definition) is 1. The summed E-state index contributed by atoms with van der Waals surface area (Å²) in [6.45, 7) is 0.611. The van der Waals surface area contributed by atoms with Gasteiger partial charge in [0.1, 0.15) is 5.52 Å². The fourth-order valence-electron chi connectivity index (χ4n) is 2.18. The van der Waals surface area contributed by atoms with Gasteiger partial charge in [0.15, 0.2) is 0 Å². The number of amides is 1. The third-order valence-electron chi connectivity index (χ3n) is 3.35. The Morgan fingerprint density at radius 2 is 2.05 bits per heavy atom. The van der Waals surface area contributed by atoms with Crippen molar-refractivity contribution in [1.29, 1.82) is 0 Å². The first-order valence-corrected chi connectivity index (χ1v) is 6.88. The van der Waals surface area contributed by atoms with Crippen LogP contribution in [-0.2, 0) is 18.4 Å². The Labute approximate surface area is 126 Å². The topological polar surface area (TPSA) is 81.8 Å². The summed E-state index contributed by atoms with van der Waals surface area (Å²) in [5.74, 6) is -0.105. The number of nitrogens with one attached hydrogen (secondary N) is 1. The van der Waals surface area contributed by atoms with E-state index in [9.17, 15) is 9.59 Å². The monoisotopic (exact) mass is 297 g/mol. The molecule has 0 spiro atoms. The summed E-state index contributed by atoms with van der Waals surface area (Å²) in [6.07, 6.45) is 4.18. The molecule has 22 heavy (non-hydrogen) atoms. The van der Waals surface area contributed by atoms with E-state index >= 15 is 0 Å². The van der Waals surface area contributed by atoms with Crippen LogP contribution in [0.3, 0.4) is 0 Å². The van der Waals surface area contributed by atoms with Crippen molar-refractivity contribution in [3.63, 3.8) is 0 Å². The first-order chi connectivity index (χ1) is 10.6. The molecule has 3 rings (SSSR count). The first-order valence-electron chi connectivity index (χ1n) is 6.88. The quantitative estimate of drug-likeness (QED) is 0.783. The summed E-state index contributed by atoms with van der Waals surface area (Å²) in [4.78, 5) is 24.0. The Balaban J connectivity index is 1.74. The molecule has 0 aliphatic carbocycles. The van der Waals surface area contributed by atoms with Gasteiger partial charge in [0.2, 0.25) is 5.91 Å². The number of carbonyl (C=O) groups is 1. The minimum Gasteiger partial charge on any atom is -0.354 e. The number of benzene rings is 1. The predicted octanol–water partition coefficient (Wildman–Crippen LogP) is 1.16. The molecule has 0 radical (unpaired) electrons. The number of hydrogen-bond acceptors (Lipinski definition) is 4. The molecule has 1 amide bonds. The fourth-order valence-corrected chi connectivity index (χ4v) is 2.18. The van der Waals surface area contributed by atoms with Crippen molar-refractivity contribution in [2.45, 2.75) is 13.0 Å². The normalized spacial score (nSPS) is 10.8. The lowest BCUT2D eigenvalue weighted by Crippen LogP contribution is -2.21. The predicted molar refractivity (Wildman–Crippen MR) is 82.5 cm³/mol. The maximum Gasteiger partial charge on any atom is 0.277 e. The Morgan fingerprint density at radius 3 is 2.82 bits per heavy atom. The summed E-state index contributed by atoms with van der Waals surface area (Å²) in [5, 5.41) is 10.9. The first kappa shape index (κ1) is 14.0. The molecule has 1 aromatic carbocycles. The summed E-state index contributed by atoms with van der Waals surface area (Å²) in [7, 11) is 1.54. The van der Waals surface area contributed by atoms with Crippen LogP contribution in [-0.4, -0.2) is 25.5 Å². The van der Waals surface area contributed by atoms with Crippen molar-refractivity contribution in [2.24, 2.45) is 7.05 Å². The summed E-state index contributed by atoms with van der Waals surface area (Å²) in [5.41, 5.74) is 0.844. The molecular weight excluding hydrogens is 282 g/mol. The fraction of sp³-hybridized carbons (Fsp3) is 0.200. The lowest BCUT2D eigenvalue weighted by molar-refractivity contribution is -0.116. The molecule has 0 unspecified atom stereocenters. The van der Waals surface area contributed by atoms with E-state index in [1.165, 1.54) is 11.7 Å². The molecule has 0 atom stereocenters. The van der Waals surface area contributed by atoms with Crippen LogP contribution in [0.1, 0.15) is 6.42 Å². The molecule has 0 aliphatic rings. The van der Waals surface area contributed by atoms with Crippen LogP contribution in [0.25, 0.3) is 10.9 Å². The molecule has 2 aromatic heterocycles. The zero-order valence-corrected chi connectivity index (χ0v) is 12.1. The number of carbonyl (C=O) groups excluding carboxylic acids is 1. The zero-order chi connectivity index (χ0) is 15.5. The van der Waals surface area contributed by atoms with Crippen molar-refractivity contribution >= 4 is 22.5 Å². The number of aromatic nitrogens is 4. The van der Waals surface area contributed by atoms with Gasteiger partial charge in [-0.25, -0.2) is 4.68 Å². The van der Waals surface area contributed by atoms with Crippen LogP contribution in [0.15, 0.2) is 47.5 Å². The average molecular weight is 297 g/mol. The van der Waals surface area contributed by atoms with Gasteiger partial charge in [-0.05, 0) is 30.3 Å². The third kappa shape index (κ3) is 2.88. The molecule has 0 saturated carbocycles. The van der Waals surface area contributed by atoms with Gasteiger partial charge in [-0.1, -0.05) is 5.21 Å². The Hall–Kier alpha value is -2.96. The molecule has 7 nitrogen and oxygen atoms in total. The summed E-state index contributed by atoms with van der Waals surface area (Å²) < 4.78 is 3.10. The van der Waals surface area contributed by atoms with Crippen molar-refractivity contribution < 1.29 is 4.79 Å². The SMILES string of the molecule is Cn1nnc2ccc(NC(=O)CCn3cccc3)cc2c1=O. The maximum atomic E-state index is 12.0. The standard InChI is InChI=1S/C15H15N5O2/c1-19-15(22)12-10-11(4-5-13(12)17-18-19)16-14(21)6-9-20-7-2-3-8-20/h2-5,7-8,10H,6,9H2,1H3,(H,16,21). The van der Waals surface area contributed by atoms with Crippen LogP contribution in [0, 0.1) is 0 Å². The van der Waals surface area contributed by atoms with Crippen LogP contribution < -0.4 is 10.9 Å². The molecule has 2 heterocycles. The van der Waals surface area contributed by atoms with E-state index in [1.54, 1.807) is 18.2 Å². The minimum atomic E-state index is -0.242. The highest BCUT2D eigenvalue weighted by Gasteiger charge is 2.07. The van der Waals surface area contributed by atoms with Crippen molar-refractivity contribution in [3.05, 3.63) is 53.1 Å². The number of fused-ring (bicyclic) bond motifs is 1.